The molecule has 1 amide bonds. The molecule has 1 N–H and O–H groups in total. The topological polar surface area (TPSA) is 88.2 Å². The minimum absolute atomic E-state index is 0.0872. The van der Waals surface area contributed by atoms with Crippen LogP contribution in [0.2, 0.25) is 0 Å². The molecule has 3 aromatic carbocycles. The van der Waals surface area contributed by atoms with Gasteiger partial charge in [0.15, 0.2) is 6.61 Å². The number of rotatable bonds is 10. The predicted molar refractivity (Wildman–Crippen MR) is 144 cm³/mol. The summed E-state index contributed by atoms with van der Waals surface area (Å²) in [5.74, 6) is 0.893. The van der Waals surface area contributed by atoms with E-state index < -0.39 is 10.0 Å². The Hall–Kier alpha value is -3.82. The fraction of sp³-hybridized carbons (Fsp3) is 0.250. The molecule has 0 aliphatic carbocycles. The van der Waals surface area contributed by atoms with Crippen molar-refractivity contribution in [3.05, 3.63) is 90.5 Å². The van der Waals surface area contributed by atoms with Crippen molar-refractivity contribution in [3.63, 3.8) is 0 Å². The highest BCUT2D eigenvalue weighted by atomic mass is 32.2. The number of nitrogens with zero attached hydrogens (tertiary/aromatic N) is 2. The highest BCUT2D eigenvalue weighted by Gasteiger charge is 2.21. The Labute approximate surface area is 218 Å². The van der Waals surface area contributed by atoms with Crippen LogP contribution in [0.1, 0.15) is 5.56 Å². The average molecular weight is 522 g/mol. The van der Waals surface area contributed by atoms with Crippen molar-refractivity contribution >= 4 is 27.7 Å². The number of ether oxygens (including phenoxy) is 2. The molecule has 37 heavy (non-hydrogen) atoms. The summed E-state index contributed by atoms with van der Waals surface area (Å²) in [4.78, 5) is 16.8. The van der Waals surface area contributed by atoms with E-state index in [0.717, 1.165) is 19.6 Å². The Morgan fingerprint density at radius 1 is 0.919 bits per heavy atom. The fourth-order valence-corrected chi connectivity index (χ4v) is 4.98. The van der Waals surface area contributed by atoms with Crippen LogP contribution in [0.15, 0.2) is 89.8 Å². The zero-order chi connectivity index (χ0) is 26.1. The molecule has 3 aromatic rings. The number of piperazine rings is 1. The molecule has 1 aliphatic rings. The van der Waals surface area contributed by atoms with E-state index in [0.29, 0.717) is 30.3 Å². The van der Waals surface area contributed by atoms with E-state index in [9.17, 15) is 13.2 Å². The van der Waals surface area contributed by atoms with E-state index >= 15 is 0 Å². The Morgan fingerprint density at radius 2 is 1.65 bits per heavy atom. The SMILES string of the molecule is COc1cccc(NS(=O)(=O)c2ccc(OCC(=O)N3CCN(C/C=C/c4ccccc4)CC3)cc2)c1. The van der Waals surface area contributed by atoms with E-state index in [1.54, 1.807) is 41.3 Å². The smallest absolute Gasteiger partial charge is 0.261 e. The molecule has 0 unspecified atom stereocenters. The lowest BCUT2D eigenvalue weighted by molar-refractivity contribution is -0.135. The molecule has 1 heterocycles. The summed E-state index contributed by atoms with van der Waals surface area (Å²) in [5.41, 5.74) is 1.57. The van der Waals surface area contributed by atoms with Crippen molar-refractivity contribution < 1.29 is 22.7 Å². The molecule has 1 aliphatic heterocycles. The van der Waals surface area contributed by atoms with E-state index in [-0.39, 0.29) is 17.4 Å². The molecule has 0 atom stereocenters. The van der Waals surface area contributed by atoms with Gasteiger partial charge in [-0.1, -0.05) is 48.6 Å². The second-order valence-corrected chi connectivity index (χ2v) is 10.3. The van der Waals surface area contributed by atoms with Crippen LogP contribution in [0.25, 0.3) is 6.08 Å². The Morgan fingerprint density at radius 3 is 2.35 bits per heavy atom. The van der Waals surface area contributed by atoms with Crippen LogP contribution in [-0.4, -0.2) is 70.6 Å². The van der Waals surface area contributed by atoms with Gasteiger partial charge in [0.25, 0.3) is 15.9 Å². The largest absolute Gasteiger partial charge is 0.497 e. The van der Waals surface area contributed by atoms with Crippen LogP contribution >= 0.6 is 0 Å². The third-order valence-corrected chi connectivity index (χ3v) is 7.41. The lowest BCUT2D eigenvalue weighted by Crippen LogP contribution is -2.49. The van der Waals surface area contributed by atoms with Gasteiger partial charge in [-0.15, -0.1) is 0 Å². The maximum absolute atomic E-state index is 12.7. The van der Waals surface area contributed by atoms with Crippen LogP contribution < -0.4 is 14.2 Å². The molecule has 8 nitrogen and oxygen atoms in total. The van der Waals surface area contributed by atoms with Gasteiger partial charge < -0.3 is 14.4 Å². The summed E-state index contributed by atoms with van der Waals surface area (Å²) in [5, 5.41) is 0. The summed E-state index contributed by atoms with van der Waals surface area (Å²) in [6, 6.07) is 22.8. The lowest BCUT2D eigenvalue weighted by atomic mass is 10.2. The highest BCUT2D eigenvalue weighted by Crippen LogP contribution is 2.22. The van der Waals surface area contributed by atoms with E-state index in [1.165, 1.54) is 24.8 Å². The summed E-state index contributed by atoms with van der Waals surface area (Å²) >= 11 is 0. The molecule has 4 rings (SSSR count). The number of carbonyl (C=O) groups is 1. The van der Waals surface area contributed by atoms with Crippen molar-refractivity contribution in [2.24, 2.45) is 0 Å². The molecule has 0 saturated carbocycles. The number of carbonyl (C=O) groups excluding carboxylic acids is 1. The van der Waals surface area contributed by atoms with E-state index in [1.807, 2.05) is 18.2 Å². The predicted octanol–water partition coefficient (Wildman–Crippen LogP) is 3.73. The number of anilines is 1. The number of nitrogens with one attached hydrogen (secondary N) is 1. The molecular formula is C28H31N3O5S. The van der Waals surface area contributed by atoms with Crippen LogP contribution in [0, 0.1) is 0 Å². The summed E-state index contributed by atoms with van der Waals surface area (Å²) < 4.78 is 38.7. The molecule has 0 radical (unpaired) electrons. The molecule has 9 heteroatoms. The van der Waals surface area contributed by atoms with Gasteiger partial charge in [-0.3, -0.25) is 14.4 Å². The Kier molecular flexibility index (Phi) is 8.81. The lowest BCUT2D eigenvalue weighted by Gasteiger charge is -2.34. The van der Waals surface area contributed by atoms with Crippen molar-refractivity contribution in [3.8, 4) is 11.5 Å². The first kappa shape index (κ1) is 26.2. The number of methoxy groups -OCH3 is 1. The normalized spacial score (nSPS) is 14.5. The maximum atomic E-state index is 12.7. The highest BCUT2D eigenvalue weighted by molar-refractivity contribution is 7.92. The monoisotopic (exact) mass is 521 g/mol. The quantitative estimate of drug-likeness (QED) is 0.438. The van der Waals surface area contributed by atoms with Gasteiger partial charge in [-0.25, -0.2) is 8.42 Å². The Balaban J connectivity index is 1.22. The first-order chi connectivity index (χ1) is 17.9. The number of hydrogen-bond acceptors (Lipinski definition) is 6. The van der Waals surface area contributed by atoms with Gasteiger partial charge in [0.1, 0.15) is 11.5 Å². The van der Waals surface area contributed by atoms with Crippen LogP contribution in [0.4, 0.5) is 5.69 Å². The number of benzene rings is 3. The summed E-state index contributed by atoms with van der Waals surface area (Å²) in [6.07, 6.45) is 4.25. The van der Waals surface area contributed by atoms with E-state index in [4.69, 9.17) is 9.47 Å². The molecule has 1 saturated heterocycles. The Bertz CT molecular complexity index is 1300. The fourth-order valence-electron chi connectivity index (χ4n) is 3.93. The average Bonchev–Trinajstić information content (AvgIpc) is 2.93. The molecular weight excluding hydrogens is 490 g/mol. The van der Waals surface area contributed by atoms with Crippen molar-refractivity contribution in [2.45, 2.75) is 4.90 Å². The van der Waals surface area contributed by atoms with Gasteiger partial charge in [0.2, 0.25) is 0 Å². The zero-order valence-corrected chi connectivity index (χ0v) is 21.6. The minimum atomic E-state index is -3.78. The van der Waals surface area contributed by atoms with Gasteiger partial charge in [-0.05, 0) is 42.0 Å². The first-order valence-corrected chi connectivity index (χ1v) is 13.5. The van der Waals surface area contributed by atoms with Crippen LogP contribution in [0.3, 0.4) is 0 Å². The molecule has 0 spiro atoms. The van der Waals surface area contributed by atoms with Gasteiger partial charge in [-0.2, -0.15) is 0 Å². The van der Waals surface area contributed by atoms with Gasteiger partial charge in [0, 0.05) is 38.8 Å². The molecule has 1 fully saturated rings. The molecule has 194 valence electrons. The molecule has 0 aromatic heterocycles. The second-order valence-electron chi connectivity index (χ2n) is 8.59. The second kappa shape index (κ2) is 12.4. The van der Waals surface area contributed by atoms with Gasteiger partial charge in [0.05, 0.1) is 17.7 Å². The molecule has 0 bridgehead atoms. The number of sulfonamides is 1. The summed E-state index contributed by atoms with van der Waals surface area (Å²) in [6.45, 7) is 3.65. The standard InChI is InChI=1S/C28H31N3O5S/c1-35-26-11-5-10-24(21-26)29-37(33,34)27-14-12-25(13-15-27)36-22-28(32)31-19-17-30(18-20-31)16-6-9-23-7-3-2-4-8-23/h2-15,21,29H,16-20,22H2,1H3/b9-6+. The van der Waals surface area contributed by atoms with E-state index in [2.05, 4.69) is 33.9 Å². The number of amides is 1. The number of hydrogen-bond donors (Lipinski definition) is 1. The van der Waals surface area contributed by atoms with Crippen LogP contribution in [0.5, 0.6) is 11.5 Å². The van der Waals surface area contributed by atoms with Gasteiger partial charge >= 0.3 is 0 Å². The maximum Gasteiger partial charge on any atom is 0.261 e. The van der Waals surface area contributed by atoms with Crippen molar-refractivity contribution in [1.82, 2.24) is 9.80 Å². The van der Waals surface area contributed by atoms with Crippen molar-refractivity contribution in [1.29, 1.82) is 0 Å². The minimum Gasteiger partial charge on any atom is -0.497 e. The third kappa shape index (κ3) is 7.58. The first-order valence-electron chi connectivity index (χ1n) is 12.0. The summed E-state index contributed by atoms with van der Waals surface area (Å²) in [7, 11) is -2.26. The third-order valence-electron chi connectivity index (χ3n) is 6.02. The van der Waals surface area contributed by atoms with Crippen LogP contribution in [-0.2, 0) is 14.8 Å². The zero-order valence-electron chi connectivity index (χ0n) is 20.7. The van der Waals surface area contributed by atoms with Crippen molar-refractivity contribution in [2.75, 3.05) is 51.2 Å².